The summed E-state index contributed by atoms with van der Waals surface area (Å²) in [6.45, 7) is 0. The zero-order valence-corrected chi connectivity index (χ0v) is 10.4. The number of aromatic amines is 1. The Morgan fingerprint density at radius 3 is 2.63 bits per heavy atom. The van der Waals surface area contributed by atoms with Crippen LogP contribution in [0.1, 0.15) is 22.1 Å². The number of hydrogen-bond donors (Lipinski definition) is 3. The predicted octanol–water partition coefficient (Wildman–Crippen LogP) is 1.62. The average molecular weight is 280 g/mol. The number of benzene rings is 1. The lowest BCUT2D eigenvalue weighted by atomic mass is 10.1. The molecular weight excluding hydrogens is 270 g/mol. The first-order chi connectivity index (χ1) is 9.09. The van der Waals surface area contributed by atoms with Crippen LogP contribution in [-0.4, -0.2) is 27.2 Å². The number of carboxylic acid groups (broad SMARTS) is 1. The SMILES string of the molecule is O=C(N[C@@H](C(=O)O)c1ccccc1Cl)c1ccn[nH]1. The van der Waals surface area contributed by atoms with E-state index in [0.29, 0.717) is 5.56 Å². The summed E-state index contributed by atoms with van der Waals surface area (Å²) in [7, 11) is 0. The molecule has 1 heterocycles. The van der Waals surface area contributed by atoms with Crippen LogP contribution in [0.25, 0.3) is 0 Å². The molecule has 2 aromatic rings. The zero-order valence-electron chi connectivity index (χ0n) is 9.63. The number of carboxylic acids is 1. The fourth-order valence-electron chi connectivity index (χ4n) is 1.57. The summed E-state index contributed by atoms with van der Waals surface area (Å²) in [5, 5.41) is 17.9. The van der Waals surface area contributed by atoms with Gasteiger partial charge in [-0.2, -0.15) is 5.10 Å². The molecule has 7 heteroatoms. The van der Waals surface area contributed by atoms with Crippen molar-refractivity contribution in [3.05, 3.63) is 52.8 Å². The molecule has 0 aliphatic carbocycles. The Balaban J connectivity index is 2.25. The van der Waals surface area contributed by atoms with Crippen LogP contribution in [0, 0.1) is 0 Å². The second-order valence-electron chi connectivity index (χ2n) is 3.74. The van der Waals surface area contributed by atoms with E-state index in [-0.39, 0.29) is 10.7 Å². The van der Waals surface area contributed by atoms with Crippen molar-refractivity contribution in [3.63, 3.8) is 0 Å². The van der Waals surface area contributed by atoms with Crippen LogP contribution >= 0.6 is 11.6 Å². The monoisotopic (exact) mass is 279 g/mol. The Bertz CT molecular complexity index is 598. The van der Waals surface area contributed by atoms with E-state index in [1.54, 1.807) is 24.3 Å². The van der Waals surface area contributed by atoms with Crippen LogP contribution in [0.2, 0.25) is 5.02 Å². The molecular formula is C12H10ClN3O3. The summed E-state index contributed by atoms with van der Waals surface area (Å²) in [4.78, 5) is 23.1. The Kier molecular flexibility index (Phi) is 3.82. The number of halogens is 1. The lowest BCUT2D eigenvalue weighted by molar-refractivity contribution is -0.139. The Labute approximate surface area is 113 Å². The van der Waals surface area contributed by atoms with Gasteiger partial charge >= 0.3 is 5.97 Å². The number of nitrogens with one attached hydrogen (secondary N) is 2. The van der Waals surface area contributed by atoms with Crippen molar-refractivity contribution < 1.29 is 14.7 Å². The highest BCUT2D eigenvalue weighted by molar-refractivity contribution is 6.31. The van der Waals surface area contributed by atoms with Crippen LogP contribution < -0.4 is 5.32 Å². The number of H-pyrrole nitrogens is 1. The van der Waals surface area contributed by atoms with E-state index in [4.69, 9.17) is 11.6 Å². The molecule has 0 aliphatic heterocycles. The van der Waals surface area contributed by atoms with Gasteiger partial charge < -0.3 is 10.4 Å². The molecule has 1 amide bonds. The second-order valence-corrected chi connectivity index (χ2v) is 4.14. The highest BCUT2D eigenvalue weighted by Gasteiger charge is 2.24. The van der Waals surface area contributed by atoms with Gasteiger partial charge in [0.05, 0.1) is 0 Å². The van der Waals surface area contributed by atoms with Crippen molar-refractivity contribution in [1.82, 2.24) is 15.5 Å². The molecule has 1 atom stereocenters. The van der Waals surface area contributed by atoms with Gasteiger partial charge in [0.15, 0.2) is 6.04 Å². The maximum atomic E-state index is 11.8. The summed E-state index contributed by atoms with van der Waals surface area (Å²) in [6, 6.07) is 6.68. The molecule has 0 unspecified atom stereocenters. The minimum absolute atomic E-state index is 0.179. The van der Waals surface area contributed by atoms with Gasteiger partial charge in [0, 0.05) is 16.8 Å². The van der Waals surface area contributed by atoms with Gasteiger partial charge in [0.1, 0.15) is 5.69 Å². The summed E-state index contributed by atoms with van der Waals surface area (Å²) in [6.07, 6.45) is 1.40. The topological polar surface area (TPSA) is 95.1 Å². The van der Waals surface area contributed by atoms with E-state index in [0.717, 1.165) is 0 Å². The van der Waals surface area contributed by atoms with Crippen molar-refractivity contribution >= 4 is 23.5 Å². The Morgan fingerprint density at radius 2 is 2.05 bits per heavy atom. The van der Waals surface area contributed by atoms with E-state index in [9.17, 15) is 14.7 Å². The first-order valence-electron chi connectivity index (χ1n) is 5.37. The maximum Gasteiger partial charge on any atom is 0.330 e. The molecule has 98 valence electrons. The lowest BCUT2D eigenvalue weighted by Gasteiger charge is -2.15. The number of hydrogen-bond acceptors (Lipinski definition) is 3. The Morgan fingerprint density at radius 1 is 1.32 bits per heavy atom. The summed E-state index contributed by atoms with van der Waals surface area (Å²) in [5.41, 5.74) is 0.503. The second kappa shape index (κ2) is 5.53. The van der Waals surface area contributed by atoms with Gasteiger partial charge in [-0.1, -0.05) is 29.8 Å². The first-order valence-corrected chi connectivity index (χ1v) is 5.75. The molecule has 3 N–H and O–H groups in total. The summed E-state index contributed by atoms with van der Waals surface area (Å²) < 4.78 is 0. The van der Waals surface area contributed by atoms with Crippen LogP contribution in [0.4, 0.5) is 0 Å². The fourth-order valence-corrected chi connectivity index (χ4v) is 1.82. The molecule has 0 saturated heterocycles. The number of aliphatic carboxylic acids is 1. The molecule has 1 aromatic heterocycles. The minimum Gasteiger partial charge on any atom is -0.479 e. The highest BCUT2D eigenvalue weighted by Crippen LogP contribution is 2.23. The molecule has 0 bridgehead atoms. The number of carbonyl (C=O) groups is 2. The summed E-state index contributed by atoms with van der Waals surface area (Å²) >= 11 is 5.94. The van der Waals surface area contributed by atoms with Crippen molar-refractivity contribution in [2.24, 2.45) is 0 Å². The third kappa shape index (κ3) is 2.92. The van der Waals surface area contributed by atoms with Crippen LogP contribution in [-0.2, 0) is 4.79 Å². The molecule has 0 spiro atoms. The minimum atomic E-state index is -1.22. The number of carbonyl (C=O) groups excluding carboxylic acids is 1. The first kappa shape index (κ1) is 13.1. The third-order valence-electron chi connectivity index (χ3n) is 2.48. The van der Waals surface area contributed by atoms with Crippen molar-refractivity contribution in [3.8, 4) is 0 Å². The van der Waals surface area contributed by atoms with E-state index in [2.05, 4.69) is 15.5 Å². The standard InChI is InChI=1S/C12H10ClN3O3/c13-8-4-2-1-3-7(8)10(12(18)19)15-11(17)9-5-6-14-16-9/h1-6,10H,(H,14,16)(H,15,17)(H,18,19)/t10-/m1/s1. The van der Waals surface area contributed by atoms with Crippen molar-refractivity contribution in [1.29, 1.82) is 0 Å². The van der Waals surface area contributed by atoms with Crippen LogP contribution in [0.5, 0.6) is 0 Å². The van der Waals surface area contributed by atoms with Crippen LogP contribution in [0.15, 0.2) is 36.5 Å². The third-order valence-corrected chi connectivity index (χ3v) is 2.83. The van der Waals surface area contributed by atoms with E-state index in [1.807, 2.05) is 0 Å². The predicted molar refractivity (Wildman–Crippen MR) is 67.9 cm³/mol. The highest BCUT2D eigenvalue weighted by atomic mass is 35.5. The normalized spacial score (nSPS) is 11.8. The molecule has 0 radical (unpaired) electrons. The quantitative estimate of drug-likeness (QED) is 0.792. The molecule has 2 rings (SSSR count). The lowest BCUT2D eigenvalue weighted by Crippen LogP contribution is -2.34. The largest absolute Gasteiger partial charge is 0.479 e. The summed E-state index contributed by atoms with van der Waals surface area (Å²) in [5.74, 6) is -1.76. The number of rotatable bonds is 4. The van der Waals surface area contributed by atoms with E-state index >= 15 is 0 Å². The maximum absolute atomic E-state index is 11.8. The molecule has 0 aliphatic rings. The molecule has 19 heavy (non-hydrogen) atoms. The van der Waals surface area contributed by atoms with Crippen molar-refractivity contribution in [2.45, 2.75) is 6.04 Å². The van der Waals surface area contributed by atoms with Gasteiger partial charge in [0.2, 0.25) is 0 Å². The number of amides is 1. The van der Waals surface area contributed by atoms with Gasteiger partial charge in [-0.05, 0) is 12.1 Å². The Hall–Kier alpha value is -2.34. The zero-order chi connectivity index (χ0) is 13.8. The number of nitrogens with zero attached hydrogens (tertiary/aromatic N) is 1. The van der Waals surface area contributed by atoms with E-state index in [1.165, 1.54) is 12.3 Å². The average Bonchev–Trinajstić information content (AvgIpc) is 2.90. The van der Waals surface area contributed by atoms with Gasteiger partial charge in [-0.15, -0.1) is 0 Å². The smallest absolute Gasteiger partial charge is 0.330 e. The molecule has 1 aromatic carbocycles. The number of aromatic nitrogens is 2. The molecule has 0 saturated carbocycles. The fraction of sp³-hybridized carbons (Fsp3) is 0.0833. The van der Waals surface area contributed by atoms with Gasteiger partial charge in [-0.3, -0.25) is 9.89 Å². The van der Waals surface area contributed by atoms with Crippen molar-refractivity contribution in [2.75, 3.05) is 0 Å². The molecule has 6 nitrogen and oxygen atoms in total. The molecule has 0 fully saturated rings. The van der Waals surface area contributed by atoms with Crippen LogP contribution in [0.3, 0.4) is 0 Å². The van der Waals surface area contributed by atoms with Gasteiger partial charge in [0.25, 0.3) is 5.91 Å². The van der Waals surface area contributed by atoms with E-state index < -0.39 is 17.9 Å². The van der Waals surface area contributed by atoms with Gasteiger partial charge in [-0.25, -0.2) is 4.79 Å².